The van der Waals surface area contributed by atoms with Crippen molar-refractivity contribution in [2.24, 2.45) is 0 Å². The van der Waals surface area contributed by atoms with Gasteiger partial charge in [0.2, 0.25) is 5.28 Å². The Hall–Kier alpha value is -0.910. The average Bonchev–Trinajstić information content (AvgIpc) is 2.35. The van der Waals surface area contributed by atoms with Gasteiger partial charge >= 0.3 is 0 Å². The first-order valence-corrected chi connectivity index (χ1v) is 6.63. The van der Waals surface area contributed by atoms with Crippen molar-refractivity contribution in [3.8, 4) is 0 Å². The SMILES string of the molecule is CN(Cc1ccccc1Br)c1nc(Cl)nnc1Cl. The molecule has 0 saturated carbocycles. The Balaban J connectivity index is 2.25. The molecule has 0 saturated heterocycles. The van der Waals surface area contributed by atoms with Crippen LogP contribution in [-0.4, -0.2) is 22.2 Å². The Morgan fingerprint density at radius 1 is 1.22 bits per heavy atom. The van der Waals surface area contributed by atoms with Crippen molar-refractivity contribution in [2.75, 3.05) is 11.9 Å². The highest BCUT2D eigenvalue weighted by molar-refractivity contribution is 9.10. The summed E-state index contributed by atoms with van der Waals surface area (Å²) in [6, 6.07) is 7.94. The van der Waals surface area contributed by atoms with Crippen molar-refractivity contribution in [1.29, 1.82) is 0 Å². The maximum absolute atomic E-state index is 5.95. The standard InChI is InChI=1S/C11H9BrCl2N4/c1-18(6-7-4-2-3-5-8(7)12)10-9(13)16-17-11(14)15-10/h2-5H,6H2,1H3. The number of aromatic nitrogens is 3. The van der Waals surface area contributed by atoms with Crippen LogP contribution in [0, 0.1) is 0 Å². The highest BCUT2D eigenvalue weighted by Crippen LogP contribution is 2.24. The first-order valence-electron chi connectivity index (χ1n) is 5.08. The molecule has 0 unspecified atom stereocenters. The van der Waals surface area contributed by atoms with Gasteiger partial charge in [0.15, 0.2) is 11.0 Å². The Kier molecular flexibility index (Phi) is 4.37. The minimum atomic E-state index is 0.0772. The molecule has 94 valence electrons. The van der Waals surface area contributed by atoms with Gasteiger partial charge in [-0.1, -0.05) is 45.7 Å². The summed E-state index contributed by atoms with van der Waals surface area (Å²) < 4.78 is 1.03. The van der Waals surface area contributed by atoms with E-state index in [1.807, 2.05) is 36.2 Å². The fourth-order valence-electron chi connectivity index (χ4n) is 1.49. The summed E-state index contributed by atoms with van der Waals surface area (Å²) in [6.07, 6.45) is 0. The molecule has 0 amide bonds. The molecule has 2 aromatic rings. The van der Waals surface area contributed by atoms with Crippen LogP contribution in [0.5, 0.6) is 0 Å². The molecule has 1 aromatic carbocycles. The van der Waals surface area contributed by atoms with E-state index < -0.39 is 0 Å². The van der Waals surface area contributed by atoms with Crippen LogP contribution in [0.25, 0.3) is 0 Å². The second kappa shape index (κ2) is 5.82. The molecule has 0 fully saturated rings. The minimum Gasteiger partial charge on any atom is -0.353 e. The monoisotopic (exact) mass is 346 g/mol. The van der Waals surface area contributed by atoms with Crippen molar-refractivity contribution >= 4 is 44.9 Å². The van der Waals surface area contributed by atoms with Crippen molar-refractivity contribution < 1.29 is 0 Å². The zero-order valence-corrected chi connectivity index (χ0v) is 12.5. The van der Waals surface area contributed by atoms with Gasteiger partial charge in [-0.15, -0.1) is 10.2 Å². The molecule has 7 heteroatoms. The fourth-order valence-corrected chi connectivity index (χ4v) is 2.24. The third-order valence-electron chi connectivity index (χ3n) is 2.33. The van der Waals surface area contributed by atoms with Gasteiger partial charge in [-0.2, -0.15) is 4.98 Å². The Bertz CT molecular complexity index is 564. The Labute approximate surface area is 123 Å². The van der Waals surface area contributed by atoms with Crippen LogP contribution < -0.4 is 4.90 Å². The summed E-state index contributed by atoms with van der Waals surface area (Å²) in [7, 11) is 1.87. The summed E-state index contributed by atoms with van der Waals surface area (Å²) in [6.45, 7) is 0.635. The van der Waals surface area contributed by atoms with Gasteiger partial charge < -0.3 is 4.90 Å². The van der Waals surface area contributed by atoms with Gasteiger partial charge in [-0.05, 0) is 23.2 Å². The summed E-state index contributed by atoms with van der Waals surface area (Å²) in [4.78, 5) is 5.93. The van der Waals surface area contributed by atoms with E-state index in [1.165, 1.54) is 0 Å². The third-order valence-corrected chi connectivity index (χ3v) is 3.51. The number of halogens is 3. The van der Waals surface area contributed by atoms with Gasteiger partial charge in [-0.3, -0.25) is 0 Å². The summed E-state index contributed by atoms with van der Waals surface area (Å²) in [5, 5.41) is 7.62. The first-order chi connectivity index (χ1) is 8.58. The van der Waals surface area contributed by atoms with E-state index in [2.05, 4.69) is 31.1 Å². The normalized spacial score (nSPS) is 10.4. The number of anilines is 1. The zero-order chi connectivity index (χ0) is 13.1. The molecule has 0 aliphatic heterocycles. The van der Waals surface area contributed by atoms with E-state index >= 15 is 0 Å². The highest BCUT2D eigenvalue weighted by Gasteiger charge is 2.12. The lowest BCUT2D eigenvalue weighted by atomic mass is 10.2. The highest BCUT2D eigenvalue weighted by atomic mass is 79.9. The molecule has 0 spiro atoms. The van der Waals surface area contributed by atoms with Crippen molar-refractivity contribution in [3.05, 3.63) is 44.7 Å². The molecule has 0 radical (unpaired) electrons. The summed E-state index contributed by atoms with van der Waals surface area (Å²) >= 11 is 15.2. The average molecular weight is 348 g/mol. The molecule has 0 aliphatic rings. The van der Waals surface area contributed by atoms with Gasteiger partial charge in [0.25, 0.3) is 0 Å². The van der Waals surface area contributed by atoms with Crippen LogP contribution in [0.2, 0.25) is 10.4 Å². The lowest BCUT2D eigenvalue weighted by molar-refractivity contribution is 0.860. The van der Waals surface area contributed by atoms with Crippen LogP contribution in [0.1, 0.15) is 5.56 Å². The molecule has 1 aromatic heterocycles. The molecule has 1 heterocycles. The smallest absolute Gasteiger partial charge is 0.245 e. The van der Waals surface area contributed by atoms with Crippen LogP contribution >= 0.6 is 39.1 Å². The van der Waals surface area contributed by atoms with Crippen molar-refractivity contribution in [3.63, 3.8) is 0 Å². The topological polar surface area (TPSA) is 41.9 Å². The second-order valence-corrected chi connectivity index (χ2v) is 5.19. The molecule has 18 heavy (non-hydrogen) atoms. The van der Waals surface area contributed by atoms with Gasteiger partial charge in [0.05, 0.1) is 0 Å². The number of rotatable bonds is 3. The first kappa shape index (κ1) is 13.5. The lowest BCUT2D eigenvalue weighted by Crippen LogP contribution is -2.19. The summed E-state index contributed by atoms with van der Waals surface area (Å²) in [5.74, 6) is 0.507. The maximum atomic E-state index is 5.95. The van der Waals surface area contributed by atoms with Crippen LogP contribution in [0.3, 0.4) is 0 Å². The summed E-state index contributed by atoms with van der Waals surface area (Å²) in [5.41, 5.74) is 1.12. The molecule has 0 aliphatic carbocycles. The predicted molar refractivity (Wildman–Crippen MR) is 76.1 cm³/mol. The molecule has 2 rings (SSSR count). The van der Waals surface area contributed by atoms with E-state index in [4.69, 9.17) is 23.2 Å². The number of benzene rings is 1. The van der Waals surface area contributed by atoms with Crippen molar-refractivity contribution in [1.82, 2.24) is 15.2 Å². The Morgan fingerprint density at radius 3 is 2.67 bits per heavy atom. The fraction of sp³-hybridized carbons (Fsp3) is 0.182. The third kappa shape index (κ3) is 3.10. The molecule has 0 bridgehead atoms. The van der Waals surface area contributed by atoms with Crippen molar-refractivity contribution in [2.45, 2.75) is 6.54 Å². The molecular weight excluding hydrogens is 339 g/mol. The lowest BCUT2D eigenvalue weighted by Gasteiger charge is -2.19. The van der Waals surface area contributed by atoms with Gasteiger partial charge in [-0.25, -0.2) is 0 Å². The molecule has 0 atom stereocenters. The predicted octanol–water partition coefficient (Wildman–Crippen LogP) is 3.58. The van der Waals surface area contributed by atoms with E-state index in [0.29, 0.717) is 12.4 Å². The van der Waals surface area contributed by atoms with Gasteiger partial charge in [0, 0.05) is 18.1 Å². The van der Waals surface area contributed by atoms with E-state index in [-0.39, 0.29) is 10.4 Å². The van der Waals surface area contributed by atoms with E-state index in [1.54, 1.807) is 0 Å². The molecule has 0 N–H and O–H groups in total. The van der Waals surface area contributed by atoms with E-state index in [9.17, 15) is 0 Å². The molecule has 4 nitrogen and oxygen atoms in total. The van der Waals surface area contributed by atoms with Crippen LogP contribution in [0.15, 0.2) is 28.7 Å². The maximum Gasteiger partial charge on any atom is 0.245 e. The second-order valence-electron chi connectivity index (χ2n) is 3.64. The quantitative estimate of drug-likeness (QED) is 0.851. The van der Waals surface area contributed by atoms with Crippen LogP contribution in [-0.2, 0) is 6.54 Å². The largest absolute Gasteiger partial charge is 0.353 e. The zero-order valence-electron chi connectivity index (χ0n) is 9.44. The number of nitrogens with zero attached hydrogens (tertiary/aromatic N) is 4. The van der Waals surface area contributed by atoms with E-state index in [0.717, 1.165) is 10.0 Å². The van der Waals surface area contributed by atoms with Crippen LogP contribution in [0.4, 0.5) is 5.82 Å². The Morgan fingerprint density at radius 2 is 1.94 bits per heavy atom. The number of hydrogen-bond donors (Lipinski definition) is 0. The van der Waals surface area contributed by atoms with Gasteiger partial charge in [0.1, 0.15) is 0 Å². The molecular formula is C11H9BrCl2N4. The number of hydrogen-bond acceptors (Lipinski definition) is 4. The minimum absolute atomic E-state index is 0.0772.